The zero-order valence-corrected chi connectivity index (χ0v) is 10.6. The van der Waals surface area contributed by atoms with Gasteiger partial charge < -0.3 is 10.2 Å². The maximum absolute atomic E-state index is 12.0. The Morgan fingerprint density at radius 2 is 2.18 bits per heavy atom. The number of carbonyl (C=O) groups excluding carboxylic acids is 1. The standard InChI is InChI=1S/C12H16ClN3O/c1-9(12(17)16-6-2-3-7-16)15-11-5-4-10(13)8-14-11/h4-5,8-9H,2-3,6-7H2,1H3,(H,14,15). The van der Waals surface area contributed by atoms with Gasteiger partial charge in [-0.3, -0.25) is 4.79 Å². The number of carbonyl (C=O) groups is 1. The van der Waals surface area contributed by atoms with Crippen LogP contribution in [-0.4, -0.2) is 34.9 Å². The van der Waals surface area contributed by atoms with Gasteiger partial charge in [0, 0.05) is 19.3 Å². The highest BCUT2D eigenvalue weighted by Gasteiger charge is 2.23. The molecule has 92 valence electrons. The van der Waals surface area contributed by atoms with Crippen molar-refractivity contribution in [2.45, 2.75) is 25.8 Å². The van der Waals surface area contributed by atoms with Crippen molar-refractivity contribution < 1.29 is 4.79 Å². The summed E-state index contributed by atoms with van der Waals surface area (Å²) >= 11 is 5.75. The fourth-order valence-electron chi connectivity index (χ4n) is 1.96. The first-order valence-corrected chi connectivity index (χ1v) is 6.21. The van der Waals surface area contributed by atoms with Crippen molar-refractivity contribution >= 4 is 23.3 Å². The van der Waals surface area contributed by atoms with Crippen LogP contribution < -0.4 is 5.32 Å². The Balaban J connectivity index is 1.93. The van der Waals surface area contributed by atoms with E-state index in [0.717, 1.165) is 25.9 Å². The molecule has 1 aromatic rings. The van der Waals surface area contributed by atoms with Gasteiger partial charge in [-0.25, -0.2) is 4.98 Å². The van der Waals surface area contributed by atoms with E-state index in [1.54, 1.807) is 18.3 Å². The van der Waals surface area contributed by atoms with Crippen molar-refractivity contribution in [1.29, 1.82) is 0 Å². The molecule has 1 N–H and O–H groups in total. The minimum absolute atomic E-state index is 0.138. The van der Waals surface area contributed by atoms with Gasteiger partial charge in [0.15, 0.2) is 0 Å². The first kappa shape index (κ1) is 12.2. The highest BCUT2D eigenvalue weighted by molar-refractivity contribution is 6.30. The maximum atomic E-state index is 12.0. The summed E-state index contributed by atoms with van der Waals surface area (Å²) in [7, 11) is 0. The number of aromatic nitrogens is 1. The molecule has 1 saturated heterocycles. The molecule has 2 rings (SSSR count). The van der Waals surface area contributed by atoms with Crippen molar-refractivity contribution in [2.75, 3.05) is 18.4 Å². The van der Waals surface area contributed by atoms with Crippen LogP contribution in [0.2, 0.25) is 5.02 Å². The number of pyridine rings is 1. The number of hydrogen-bond donors (Lipinski definition) is 1. The highest BCUT2D eigenvalue weighted by Crippen LogP contribution is 2.13. The SMILES string of the molecule is CC(Nc1ccc(Cl)cn1)C(=O)N1CCCC1. The predicted octanol–water partition coefficient (Wildman–Crippen LogP) is 2.16. The first-order valence-electron chi connectivity index (χ1n) is 5.84. The molecule has 1 atom stereocenters. The van der Waals surface area contributed by atoms with Crippen LogP contribution in [0.4, 0.5) is 5.82 Å². The van der Waals surface area contributed by atoms with Crippen LogP contribution >= 0.6 is 11.6 Å². The number of halogens is 1. The van der Waals surface area contributed by atoms with Crippen molar-refractivity contribution in [3.8, 4) is 0 Å². The second kappa shape index (κ2) is 5.36. The van der Waals surface area contributed by atoms with E-state index in [1.807, 2.05) is 11.8 Å². The Kier molecular flexibility index (Phi) is 3.84. The zero-order chi connectivity index (χ0) is 12.3. The lowest BCUT2D eigenvalue weighted by molar-refractivity contribution is -0.130. The predicted molar refractivity (Wildman–Crippen MR) is 68.1 cm³/mol. The average Bonchev–Trinajstić information content (AvgIpc) is 2.84. The van der Waals surface area contributed by atoms with Crippen LogP contribution in [-0.2, 0) is 4.79 Å². The Morgan fingerprint density at radius 1 is 1.47 bits per heavy atom. The van der Waals surface area contributed by atoms with Crippen LogP contribution in [0, 0.1) is 0 Å². The minimum atomic E-state index is -0.248. The third kappa shape index (κ3) is 3.09. The molecule has 1 aliphatic rings. The van der Waals surface area contributed by atoms with Gasteiger partial charge in [-0.15, -0.1) is 0 Å². The Hall–Kier alpha value is -1.29. The van der Waals surface area contributed by atoms with Gasteiger partial charge in [0.1, 0.15) is 11.9 Å². The topological polar surface area (TPSA) is 45.2 Å². The van der Waals surface area contributed by atoms with Crippen LogP contribution in [0.5, 0.6) is 0 Å². The molecule has 17 heavy (non-hydrogen) atoms. The molecular formula is C12H16ClN3O. The van der Waals surface area contributed by atoms with E-state index < -0.39 is 0 Å². The monoisotopic (exact) mass is 253 g/mol. The van der Waals surface area contributed by atoms with Crippen LogP contribution in [0.25, 0.3) is 0 Å². The molecule has 0 radical (unpaired) electrons. The average molecular weight is 254 g/mol. The number of likely N-dealkylation sites (tertiary alicyclic amines) is 1. The van der Waals surface area contributed by atoms with Gasteiger partial charge in [0.2, 0.25) is 5.91 Å². The van der Waals surface area contributed by atoms with E-state index in [0.29, 0.717) is 10.8 Å². The van der Waals surface area contributed by atoms with E-state index in [2.05, 4.69) is 10.3 Å². The maximum Gasteiger partial charge on any atom is 0.244 e. The molecule has 1 amide bonds. The molecule has 2 heterocycles. The van der Waals surface area contributed by atoms with Crippen molar-refractivity contribution in [3.63, 3.8) is 0 Å². The summed E-state index contributed by atoms with van der Waals surface area (Å²) in [6, 6.07) is 3.28. The molecule has 0 aromatic carbocycles. The lowest BCUT2D eigenvalue weighted by Gasteiger charge is -2.21. The molecule has 0 saturated carbocycles. The van der Waals surface area contributed by atoms with Crippen LogP contribution in [0.15, 0.2) is 18.3 Å². The second-order valence-electron chi connectivity index (χ2n) is 4.26. The first-order chi connectivity index (χ1) is 8.16. The van der Waals surface area contributed by atoms with Gasteiger partial charge in [-0.2, -0.15) is 0 Å². The molecule has 0 bridgehead atoms. The molecule has 1 fully saturated rings. The third-order valence-electron chi connectivity index (χ3n) is 2.88. The molecular weight excluding hydrogens is 238 g/mol. The lowest BCUT2D eigenvalue weighted by atomic mass is 10.3. The molecule has 0 spiro atoms. The third-order valence-corrected chi connectivity index (χ3v) is 3.10. The van der Waals surface area contributed by atoms with Crippen LogP contribution in [0.1, 0.15) is 19.8 Å². The summed E-state index contributed by atoms with van der Waals surface area (Å²) in [5.74, 6) is 0.814. The quantitative estimate of drug-likeness (QED) is 0.898. The van der Waals surface area contributed by atoms with Crippen molar-refractivity contribution in [1.82, 2.24) is 9.88 Å². The Morgan fingerprint density at radius 3 is 2.76 bits per heavy atom. The second-order valence-corrected chi connectivity index (χ2v) is 4.70. The summed E-state index contributed by atoms with van der Waals surface area (Å²) < 4.78 is 0. The van der Waals surface area contributed by atoms with Gasteiger partial charge in [-0.1, -0.05) is 11.6 Å². The molecule has 1 unspecified atom stereocenters. The molecule has 5 heteroatoms. The summed E-state index contributed by atoms with van der Waals surface area (Å²) in [6.07, 6.45) is 3.78. The van der Waals surface area contributed by atoms with Crippen LogP contribution in [0.3, 0.4) is 0 Å². The number of hydrogen-bond acceptors (Lipinski definition) is 3. The Bertz CT molecular complexity index is 387. The van der Waals surface area contributed by atoms with Gasteiger partial charge >= 0.3 is 0 Å². The highest BCUT2D eigenvalue weighted by atomic mass is 35.5. The van der Waals surface area contributed by atoms with Gasteiger partial charge in [0.05, 0.1) is 5.02 Å². The number of amides is 1. The van der Waals surface area contributed by atoms with E-state index in [1.165, 1.54) is 0 Å². The summed E-state index contributed by atoms with van der Waals surface area (Å²) in [5, 5.41) is 3.68. The number of rotatable bonds is 3. The smallest absolute Gasteiger partial charge is 0.244 e. The number of nitrogens with one attached hydrogen (secondary N) is 1. The molecule has 1 aromatic heterocycles. The Labute approximate surface area is 106 Å². The molecule has 1 aliphatic heterocycles. The fraction of sp³-hybridized carbons (Fsp3) is 0.500. The molecule has 4 nitrogen and oxygen atoms in total. The minimum Gasteiger partial charge on any atom is -0.359 e. The number of anilines is 1. The van der Waals surface area contributed by atoms with Crippen molar-refractivity contribution in [3.05, 3.63) is 23.4 Å². The fourth-order valence-corrected chi connectivity index (χ4v) is 2.07. The largest absolute Gasteiger partial charge is 0.359 e. The summed E-state index contributed by atoms with van der Waals surface area (Å²) in [6.45, 7) is 3.61. The van der Waals surface area contributed by atoms with E-state index in [-0.39, 0.29) is 11.9 Å². The van der Waals surface area contributed by atoms with Crippen molar-refractivity contribution in [2.24, 2.45) is 0 Å². The van der Waals surface area contributed by atoms with Gasteiger partial charge in [0.25, 0.3) is 0 Å². The van der Waals surface area contributed by atoms with E-state index in [9.17, 15) is 4.79 Å². The van der Waals surface area contributed by atoms with E-state index in [4.69, 9.17) is 11.6 Å². The zero-order valence-electron chi connectivity index (χ0n) is 9.82. The van der Waals surface area contributed by atoms with E-state index >= 15 is 0 Å². The normalized spacial score (nSPS) is 16.9. The lowest BCUT2D eigenvalue weighted by Crippen LogP contribution is -2.39. The molecule has 0 aliphatic carbocycles. The number of nitrogens with zero attached hydrogens (tertiary/aromatic N) is 2. The summed E-state index contributed by atoms with van der Waals surface area (Å²) in [5.41, 5.74) is 0. The van der Waals surface area contributed by atoms with Gasteiger partial charge in [-0.05, 0) is 31.9 Å². The summed E-state index contributed by atoms with van der Waals surface area (Å²) in [4.78, 5) is 18.0.